The fourth-order valence-electron chi connectivity index (χ4n) is 6.17. The molecule has 6 rings (SSSR count). The lowest BCUT2D eigenvalue weighted by atomic mass is 9.53. The molecule has 1 N–H and O–H groups in total. The number of nitrogens with zero attached hydrogens (tertiary/aromatic N) is 4. The zero-order valence-corrected chi connectivity index (χ0v) is 14.7. The summed E-state index contributed by atoms with van der Waals surface area (Å²) in [7, 11) is 2.03. The van der Waals surface area contributed by atoms with Crippen LogP contribution >= 0.6 is 0 Å². The van der Waals surface area contributed by atoms with Gasteiger partial charge in [-0.15, -0.1) is 0 Å². The first-order chi connectivity index (χ1) is 11.7. The molecule has 0 spiro atoms. The lowest BCUT2D eigenvalue weighted by Gasteiger charge is -2.57. The number of hydrogen-bond donors (Lipinski definition) is 1. The van der Waals surface area contributed by atoms with Crippen LogP contribution < -0.4 is 5.32 Å². The molecule has 0 amide bonds. The van der Waals surface area contributed by atoms with Gasteiger partial charge in [0.1, 0.15) is 0 Å². The lowest BCUT2D eigenvalue weighted by Crippen LogP contribution is -2.62. The van der Waals surface area contributed by atoms with Gasteiger partial charge in [0.25, 0.3) is 0 Å². The minimum Gasteiger partial charge on any atom is -0.350 e. The summed E-state index contributed by atoms with van der Waals surface area (Å²) < 4.78 is 2.01. The van der Waals surface area contributed by atoms with Crippen LogP contribution in [0.4, 0.5) is 5.95 Å². The molecule has 5 aliphatic rings. The Labute approximate surface area is 144 Å². The third-order valence-corrected chi connectivity index (χ3v) is 6.82. The van der Waals surface area contributed by atoms with Crippen molar-refractivity contribution in [2.75, 3.05) is 13.1 Å². The second-order valence-electron chi connectivity index (χ2n) is 8.79. The fourth-order valence-corrected chi connectivity index (χ4v) is 6.17. The number of aromatic nitrogens is 2. The third-order valence-electron chi connectivity index (χ3n) is 6.82. The summed E-state index contributed by atoms with van der Waals surface area (Å²) >= 11 is 0. The van der Waals surface area contributed by atoms with Crippen molar-refractivity contribution in [3.63, 3.8) is 0 Å². The molecule has 1 aromatic rings. The van der Waals surface area contributed by atoms with Gasteiger partial charge in [0.05, 0.1) is 0 Å². The van der Waals surface area contributed by atoms with Crippen molar-refractivity contribution in [3.8, 4) is 0 Å². The number of aryl methyl sites for hydroxylation is 1. The molecule has 1 saturated heterocycles. The van der Waals surface area contributed by atoms with Crippen molar-refractivity contribution in [1.29, 1.82) is 0 Å². The molecule has 130 valence electrons. The van der Waals surface area contributed by atoms with E-state index in [1.165, 1.54) is 51.4 Å². The quantitative estimate of drug-likeness (QED) is 0.671. The number of hydrogen-bond acceptors (Lipinski definition) is 2. The topological polar surface area (TPSA) is 45.5 Å². The highest BCUT2D eigenvalue weighted by Gasteiger charge is 2.51. The molecule has 5 fully saturated rings. The van der Waals surface area contributed by atoms with E-state index >= 15 is 0 Å². The van der Waals surface area contributed by atoms with E-state index in [1.54, 1.807) is 0 Å². The normalized spacial score (nSPS) is 38.1. The van der Waals surface area contributed by atoms with Gasteiger partial charge in [0, 0.05) is 38.1 Å². The molecule has 0 aromatic carbocycles. The molecule has 5 nitrogen and oxygen atoms in total. The average molecular weight is 327 g/mol. The SMILES string of the molecule is Cn1ccnc1/N=C(/NC12CC3CC(CC(C3)C1)C2)N1CCCC1. The Bertz CT molecular complexity index is 605. The first-order valence-electron chi connectivity index (χ1n) is 9.78. The van der Waals surface area contributed by atoms with E-state index < -0.39 is 0 Å². The van der Waals surface area contributed by atoms with Gasteiger partial charge in [0.15, 0.2) is 0 Å². The molecule has 0 unspecified atom stereocenters. The molecule has 4 saturated carbocycles. The van der Waals surface area contributed by atoms with Crippen LogP contribution in [-0.2, 0) is 7.05 Å². The Morgan fingerprint density at radius 2 is 1.75 bits per heavy atom. The van der Waals surface area contributed by atoms with E-state index in [0.717, 1.165) is 42.8 Å². The van der Waals surface area contributed by atoms with E-state index in [0.29, 0.717) is 5.54 Å². The number of nitrogens with one attached hydrogen (secondary N) is 1. The second-order valence-corrected chi connectivity index (χ2v) is 8.79. The summed E-state index contributed by atoms with van der Waals surface area (Å²) in [6, 6.07) is 0. The van der Waals surface area contributed by atoms with Crippen LogP contribution in [0.3, 0.4) is 0 Å². The van der Waals surface area contributed by atoms with Gasteiger partial charge < -0.3 is 14.8 Å². The zero-order chi connectivity index (χ0) is 16.1. The van der Waals surface area contributed by atoms with Crippen LogP contribution in [0.2, 0.25) is 0 Å². The number of imidazole rings is 1. The molecule has 2 heterocycles. The van der Waals surface area contributed by atoms with Gasteiger partial charge in [0.2, 0.25) is 11.9 Å². The predicted octanol–water partition coefficient (Wildman–Crippen LogP) is 3.06. The summed E-state index contributed by atoms with van der Waals surface area (Å²) in [4.78, 5) is 11.8. The summed E-state index contributed by atoms with van der Waals surface area (Å²) in [5, 5.41) is 3.99. The van der Waals surface area contributed by atoms with E-state index in [4.69, 9.17) is 4.99 Å². The fraction of sp³-hybridized carbons (Fsp3) is 0.789. The average Bonchev–Trinajstić information content (AvgIpc) is 3.17. The molecule has 1 aliphatic heterocycles. The van der Waals surface area contributed by atoms with Crippen LogP contribution in [-0.4, -0.2) is 39.0 Å². The first kappa shape index (κ1) is 14.8. The highest BCUT2D eigenvalue weighted by molar-refractivity contribution is 5.83. The molecular formula is C19H29N5. The van der Waals surface area contributed by atoms with Crippen molar-refractivity contribution in [1.82, 2.24) is 19.8 Å². The Morgan fingerprint density at radius 1 is 1.12 bits per heavy atom. The molecule has 24 heavy (non-hydrogen) atoms. The summed E-state index contributed by atoms with van der Waals surface area (Å²) in [5.41, 5.74) is 0.307. The van der Waals surface area contributed by atoms with E-state index in [9.17, 15) is 0 Å². The third kappa shape index (κ3) is 2.52. The van der Waals surface area contributed by atoms with E-state index in [-0.39, 0.29) is 0 Å². The summed E-state index contributed by atoms with van der Waals surface area (Å²) in [5.74, 6) is 4.77. The molecule has 4 aliphatic carbocycles. The van der Waals surface area contributed by atoms with Crippen LogP contribution in [0.5, 0.6) is 0 Å². The Kier molecular flexibility index (Phi) is 3.39. The molecule has 0 atom stereocenters. The van der Waals surface area contributed by atoms with Crippen LogP contribution in [0.25, 0.3) is 0 Å². The van der Waals surface area contributed by atoms with Crippen molar-refractivity contribution < 1.29 is 0 Å². The standard InChI is InChI=1S/C19H29N5/c1-23-7-4-20-17(23)21-18(24-5-2-3-6-24)22-19-11-14-8-15(12-19)10-16(9-14)13-19/h4,7,14-16H,2-3,5-6,8-13H2,1H3,(H,20,21,22). The number of guanidine groups is 1. The summed E-state index contributed by atoms with van der Waals surface area (Å²) in [6.45, 7) is 2.26. The van der Waals surface area contributed by atoms with Gasteiger partial charge in [-0.2, -0.15) is 4.99 Å². The van der Waals surface area contributed by atoms with Gasteiger partial charge in [-0.05, 0) is 69.1 Å². The van der Waals surface area contributed by atoms with Gasteiger partial charge in [-0.1, -0.05) is 0 Å². The van der Waals surface area contributed by atoms with Crippen molar-refractivity contribution >= 4 is 11.9 Å². The second kappa shape index (κ2) is 5.50. The maximum atomic E-state index is 4.96. The van der Waals surface area contributed by atoms with Crippen molar-refractivity contribution in [2.24, 2.45) is 29.8 Å². The number of likely N-dealkylation sites (tertiary alicyclic amines) is 1. The molecule has 5 heteroatoms. The van der Waals surface area contributed by atoms with Gasteiger partial charge in [-0.25, -0.2) is 4.98 Å². The monoisotopic (exact) mass is 327 g/mol. The highest BCUT2D eigenvalue weighted by Crippen LogP contribution is 2.55. The minimum atomic E-state index is 0.307. The Balaban J connectivity index is 1.44. The first-order valence-corrected chi connectivity index (χ1v) is 9.78. The van der Waals surface area contributed by atoms with Crippen LogP contribution in [0, 0.1) is 17.8 Å². The largest absolute Gasteiger partial charge is 0.350 e. The van der Waals surface area contributed by atoms with Crippen LogP contribution in [0.15, 0.2) is 17.4 Å². The minimum absolute atomic E-state index is 0.307. The van der Waals surface area contributed by atoms with E-state index in [2.05, 4.69) is 15.2 Å². The Hall–Kier alpha value is -1.52. The molecule has 1 aromatic heterocycles. The number of aliphatic imine (C=N–C) groups is 1. The predicted molar refractivity (Wildman–Crippen MR) is 95.1 cm³/mol. The lowest BCUT2D eigenvalue weighted by molar-refractivity contribution is -0.0114. The van der Waals surface area contributed by atoms with Crippen molar-refractivity contribution in [3.05, 3.63) is 12.4 Å². The van der Waals surface area contributed by atoms with Gasteiger partial charge >= 0.3 is 0 Å². The zero-order valence-electron chi connectivity index (χ0n) is 14.7. The number of rotatable bonds is 2. The van der Waals surface area contributed by atoms with Crippen molar-refractivity contribution in [2.45, 2.75) is 56.9 Å². The maximum absolute atomic E-state index is 4.96. The molecular weight excluding hydrogens is 298 g/mol. The van der Waals surface area contributed by atoms with E-state index in [1.807, 2.05) is 24.0 Å². The smallest absolute Gasteiger partial charge is 0.232 e. The molecule has 4 bridgehead atoms. The van der Waals surface area contributed by atoms with Gasteiger partial charge in [-0.3, -0.25) is 0 Å². The van der Waals surface area contributed by atoms with Crippen LogP contribution in [0.1, 0.15) is 51.4 Å². The summed E-state index contributed by atoms with van der Waals surface area (Å²) in [6.07, 6.45) is 14.9. The molecule has 0 radical (unpaired) electrons. The maximum Gasteiger partial charge on any atom is 0.232 e. The highest BCUT2D eigenvalue weighted by atomic mass is 15.3. The Morgan fingerprint density at radius 3 is 2.29 bits per heavy atom.